The number of hydrogen-bond acceptors (Lipinski definition) is 8. The predicted octanol–water partition coefficient (Wildman–Crippen LogP) is 4.45. The van der Waals surface area contributed by atoms with Gasteiger partial charge in [-0.2, -0.15) is 13.2 Å². The zero-order valence-corrected chi connectivity index (χ0v) is 17.1. The monoisotopic (exact) mass is 445 g/mol. The van der Waals surface area contributed by atoms with Crippen molar-refractivity contribution in [3.63, 3.8) is 0 Å². The van der Waals surface area contributed by atoms with Gasteiger partial charge in [0.2, 0.25) is 6.39 Å². The Kier molecular flexibility index (Phi) is 6.98. The van der Waals surface area contributed by atoms with Crippen molar-refractivity contribution in [3.8, 4) is 0 Å². The second kappa shape index (κ2) is 9.86. The Balaban J connectivity index is 1.73. The summed E-state index contributed by atoms with van der Waals surface area (Å²) < 4.78 is 43.3. The number of halogens is 3. The van der Waals surface area contributed by atoms with E-state index in [4.69, 9.17) is 19.5 Å². The van der Waals surface area contributed by atoms with Crippen LogP contribution in [0.25, 0.3) is 0 Å². The van der Waals surface area contributed by atoms with Crippen LogP contribution in [-0.2, 0) is 22.5 Å². The van der Waals surface area contributed by atoms with Gasteiger partial charge in [0.1, 0.15) is 19.4 Å². The van der Waals surface area contributed by atoms with Crippen LogP contribution in [0.2, 0.25) is 0 Å². The quantitative estimate of drug-likeness (QED) is 0.407. The van der Waals surface area contributed by atoms with Crippen molar-refractivity contribution in [1.82, 2.24) is 10.2 Å². The molecule has 0 aliphatic carbocycles. The molecular formula is C21H18F3N5O3. The lowest BCUT2D eigenvalue weighted by Crippen LogP contribution is -2.13. The maximum atomic E-state index is 12.7. The standard InChI is InChI=1S/C21H18F3N5O3/c1-13(18(25)14-7-9-16(10-8-14)21(22,23)24)28-32-11-15-5-3-4-6-17(15)19(29-30-2)20-27-26-12-31-20/h3-10,12,25H,11H2,1-2H3/b25-18?,28-13+,29-19+. The third kappa shape index (κ3) is 5.36. The second-order valence-corrected chi connectivity index (χ2v) is 6.42. The number of rotatable bonds is 8. The van der Waals surface area contributed by atoms with Crippen LogP contribution in [0.1, 0.15) is 35.1 Å². The van der Waals surface area contributed by atoms with Gasteiger partial charge in [-0.05, 0) is 19.1 Å². The normalized spacial score (nSPS) is 12.5. The first kappa shape index (κ1) is 22.7. The third-order valence-electron chi connectivity index (χ3n) is 4.30. The fourth-order valence-electron chi connectivity index (χ4n) is 2.73. The zero-order valence-electron chi connectivity index (χ0n) is 17.1. The van der Waals surface area contributed by atoms with Gasteiger partial charge in [-0.1, -0.05) is 46.7 Å². The summed E-state index contributed by atoms with van der Waals surface area (Å²) in [7, 11) is 1.38. The SMILES string of the molecule is CO/N=C(/c1nnco1)c1ccccc1CO/N=C(\C)C(=N)c1ccc(C(F)(F)F)cc1. The summed E-state index contributed by atoms with van der Waals surface area (Å²) in [6, 6.07) is 11.4. The Bertz CT molecular complexity index is 1120. The maximum absolute atomic E-state index is 12.7. The van der Waals surface area contributed by atoms with Crippen molar-refractivity contribution >= 4 is 17.1 Å². The molecule has 0 amide bonds. The minimum absolute atomic E-state index is 0.0185. The summed E-state index contributed by atoms with van der Waals surface area (Å²) in [4.78, 5) is 10.3. The number of oxime groups is 2. The largest absolute Gasteiger partial charge is 0.422 e. The van der Waals surface area contributed by atoms with E-state index in [0.717, 1.165) is 12.1 Å². The van der Waals surface area contributed by atoms with E-state index in [1.165, 1.54) is 32.6 Å². The third-order valence-corrected chi connectivity index (χ3v) is 4.30. The van der Waals surface area contributed by atoms with Gasteiger partial charge < -0.3 is 14.1 Å². The van der Waals surface area contributed by atoms with Gasteiger partial charge in [-0.3, -0.25) is 5.41 Å². The lowest BCUT2D eigenvalue weighted by molar-refractivity contribution is -0.137. The molecule has 3 rings (SSSR count). The summed E-state index contributed by atoms with van der Waals surface area (Å²) in [6.45, 7) is 1.55. The Morgan fingerprint density at radius 2 is 1.81 bits per heavy atom. The smallest absolute Gasteiger partial charge is 0.416 e. The maximum Gasteiger partial charge on any atom is 0.416 e. The van der Waals surface area contributed by atoms with E-state index >= 15 is 0 Å². The lowest BCUT2D eigenvalue weighted by atomic mass is 10.0. The number of nitrogens with one attached hydrogen (secondary N) is 1. The van der Waals surface area contributed by atoms with Crippen molar-refractivity contribution in [1.29, 1.82) is 5.41 Å². The fraction of sp³-hybridized carbons (Fsp3) is 0.190. The van der Waals surface area contributed by atoms with Gasteiger partial charge in [-0.25, -0.2) is 0 Å². The summed E-state index contributed by atoms with van der Waals surface area (Å²) >= 11 is 0. The van der Waals surface area contributed by atoms with Crippen LogP contribution in [0.4, 0.5) is 13.2 Å². The number of hydrogen-bond donors (Lipinski definition) is 1. The molecule has 0 fully saturated rings. The average Bonchev–Trinajstić information content (AvgIpc) is 3.31. The second-order valence-electron chi connectivity index (χ2n) is 6.42. The van der Waals surface area contributed by atoms with Crippen molar-refractivity contribution in [3.05, 3.63) is 83.1 Å². The van der Waals surface area contributed by atoms with Crippen LogP contribution in [0.15, 0.2) is 69.7 Å². The minimum atomic E-state index is -4.44. The van der Waals surface area contributed by atoms with Crippen LogP contribution in [0.5, 0.6) is 0 Å². The summed E-state index contributed by atoms with van der Waals surface area (Å²) in [5, 5.41) is 23.5. The molecule has 0 aliphatic rings. The molecule has 0 unspecified atom stereocenters. The molecule has 2 aromatic carbocycles. The van der Waals surface area contributed by atoms with Crippen LogP contribution in [0.3, 0.4) is 0 Å². The van der Waals surface area contributed by atoms with Crippen LogP contribution in [0, 0.1) is 5.41 Å². The summed E-state index contributed by atoms with van der Waals surface area (Å²) in [6.07, 6.45) is -3.27. The molecule has 0 bridgehead atoms. The highest BCUT2D eigenvalue weighted by atomic mass is 19.4. The molecule has 1 heterocycles. The number of nitrogens with zero attached hydrogens (tertiary/aromatic N) is 4. The Labute approximate surface area is 180 Å². The van der Waals surface area contributed by atoms with E-state index in [0.29, 0.717) is 16.8 Å². The van der Waals surface area contributed by atoms with E-state index in [9.17, 15) is 13.2 Å². The Morgan fingerprint density at radius 3 is 2.44 bits per heavy atom. The van der Waals surface area contributed by atoms with Crippen LogP contribution < -0.4 is 0 Å². The number of alkyl halides is 3. The molecule has 0 radical (unpaired) electrons. The molecular weight excluding hydrogens is 427 g/mol. The van der Waals surface area contributed by atoms with Crippen molar-refractivity contribution < 1.29 is 27.3 Å². The van der Waals surface area contributed by atoms with Crippen LogP contribution in [-0.4, -0.2) is 34.4 Å². The zero-order chi connectivity index (χ0) is 23.1. The van der Waals surface area contributed by atoms with E-state index < -0.39 is 11.7 Å². The van der Waals surface area contributed by atoms with Crippen molar-refractivity contribution in [2.45, 2.75) is 19.7 Å². The predicted molar refractivity (Wildman–Crippen MR) is 110 cm³/mol. The van der Waals surface area contributed by atoms with Crippen molar-refractivity contribution in [2.75, 3.05) is 7.11 Å². The van der Waals surface area contributed by atoms with Gasteiger partial charge in [0, 0.05) is 16.7 Å². The highest BCUT2D eigenvalue weighted by molar-refractivity contribution is 6.46. The van der Waals surface area contributed by atoms with E-state index in [1.807, 2.05) is 0 Å². The molecule has 0 saturated carbocycles. The van der Waals surface area contributed by atoms with Gasteiger partial charge >= 0.3 is 6.18 Å². The van der Waals surface area contributed by atoms with Gasteiger partial charge in [0.25, 0.3) is 5.89 Å². The molecule has 32 heavy (non-hydrogen) atoms. The van der Waals surface area contributed by atoms with E-state index in [-0.39, 0.29) is 29.5 Å². The van der Waals surface area contributed by atoms with Gasteiger partial charge in [0.05, 0.1) is 11.3 Å². The van der Waals surface area contributed by atoms with Crippen LogP contribution >= 0.6 is 0 Å². The van der Waals surface area contributed by atoms with Crippen molar-refractivity contribution in [2.24, 2.45) is 10.3 Å². The van der Waals surface area contributed by atoms with E-state index in [1.54, 1.807) is 24.3 Å². The topological polar surface area (TPSA) is 106 Å². The molecule has 3 aromatic rings. The van der Waals surface area contributed by atoms with Gasteiger partial charge in [0.15, 0.2) is 5.71 Å². The molecule has 0 aliphatic heterocycles. The minimum Gasteiger partial charge on any atom is -0.422 e. The Hall–Kier alpha value is -4.02. The molecule has 0 spiro atoms. The molecule has 1 aromatic heterocycles. The Morgan fingerprint density at radius 1 is 1.09 bits per heavy atom. The molecule has 0 atom stereocenters. The molecule has 1 N–H and O–H groups in total. The van der Waals surface area contributed by atoms with E-state index in [2.05, 4.69) is 20.5 Å². The average molecular weight is 445 g/mol. The lowest BCUT2D eigenvalue weighted by Gasteiger charge is -2.10. The summed E-state index contributed by atoms with van der Waals surface area (Å²) in [5.41, 5.74) is 1.25. The molecule has 0 saturated heterocycles. The molecule has 11 heteroatoms. The first-order chi connectivity index (χ1) is 15.3. The molecule has 166 valence electrons. The molecule has 8 nitrogen and oxygen atoms in total. The fourth-order valence-corrected chi connectivity index (χ4v) is 2.73. The summed E-state index contributed by atoms with van der Waals surface area (Å²) in [5.74, 6) is 0.156. The van der Waals surface area contributed by atoms with Gasteiger partial charge in [-0.15, -0.1) is 10.2 Å². The highest BCUT2D eigenvalue weighted by Gasteiger charge is 2.30. The first-order valence-electron chi connectivity index (χ1n) is 9.20. The highest BCUT2D eigenvalue weighted by Crippen LogP contribution is 2.29. The number of benzene rings is 2. The number of aromatic nitrogens is 2. The first-order valence-corrected chi connectivity index (χ1v) is 9.20.